The molecule has 0 fully saturated rings. The molecule has 0 atom stereocenters. The first-order valence-corrected chi connectivity index (χ1v) is 6.47. The molecule has 0 unspecified atom stereocenters. The van der Waals surface area contributed by atoms with Gasteiger partial charge in [-0.2, -0.15) is 0 Å². The summed E-state index contributed by atoms with van der Waals surface area (Å²) in [6.07, 6.45) is 0. The van der Waals surface area contributed by atoms with Crippen LogP contribution in [0.3, 0.4) is 0 Å². The van der Waals surface area contributed by atoms with Gasteiger partial charge in [0.1, 0.15) is 0 Å². The minimum atomic E-state index is -3.93. The van der Waals surface area contributed by atoms with E-state index in [9.17, 15) is 13.2 Å². The van der Waals surface area contributed by atoms with E-state index < -0.39 is 15.0 Å². The number of carbonyl (C=O) groups excluding carboxylic acids is 1. The maximum absolute atomic E-state index is 11.1. The Kier molecular flexibility index (Phi) is 3.28. The topological polar surface area (TPSA) is 77.2 Å². The lowest BCUT2D eigenvalue weighted by Crippen LogP contribution is -2.14. The molecule has 0 bridgehead atoms. The molecule has 0 aliphatic rings. The minimum absolute atomic E-state index is 0.0433. The van der Waals surface area contributed by atoms with Gasteiger partial charge in [0.2, 0.25) is 5.91 Å². The Morgan fingerprint density at radius 3 is 2.33 bits per heavy atom. The summed E-state index contributed by atoms with van der Waals surface area (Å²) in [4.78, 5) is 10.8. The Labute approximate surface area is 96.4 Å². The fourth-order valence-electron chi connectivity index (χ4n) is 1.16. The van der Waals surface area contributed by atoms with Crippen LogP contribution in [-0.2, 0) is 9.05 Å². The van der Waals surface area contributed by atoms with E-state index in [4.69, 9.17) is 28.0 Å². The third-order valence-electron chi connectivity index (χ3n) is 1.85. The fraction of sp³-hybridized carbons (Fsp3) is 0.125. The van der Waals surface area contributed by atoms with Crippen molar-refractivity contribution < 1.29 is 13.2 Å². The second kappa shape index (κ2) is 4.00. The van der Waals surface area contributed by atoms with Crippen molar-refractivity contribution in [2.45, 2.75) is 11.8 Å². The standard InChI is InChI=1S/C8H7Cl2NO3S/c1-4-6(8(11)12)2-5(9)3-7(4)15(10,13)14/h2-3H,1H3,(H2,11,12). The Bertz CT molecular complexity index is 525. The number of amides is 1. The van der Waals surface area contributed by atoms with Gasteiger partial charge in [-0.3, -0.25) is 4.79 Å². The highest BCUT2D eigenvalue weighted by atomic mass is 35.7. The summed E-state index contributed by atoms with van der Waals surface area (Å²) in [5.41, 5.74) is 5.30. The van der Waals surface area contributed by atoms with Crippen LogP contribution in [0, 0.1) is 6.92 Å². The molecule has 1 amide bonds. The molecule has 0 aliphatic heterocycles. The number of rotatable bonds is 2. The molecule has 0 aliphatic carbocycles. The predicted octanol–water partition coefficient (Wildman–Crippen LogP) is 1.67. The molecular formula is C8H7Cl2NO3S. The summed E-state index contributed by atoms with van der Waals surface area (Å²) in [5, 5.41) is 0.0913. The summed E-state index contributed by atoms with van der Waals surface area (Å²) in [7, 11) is 1.24. The van der Waals surface area contributed by atoms with E-state index in [0.717, 1.165) is 0 Å². The number of halogens is 2. The highest BCUT2D eigenvalue weighted by Gasteiger charge is 2.19. The van der Waals surface area contributed by atoms with E-state index in [1.807, 2.05) is 0 Å². The van der Waals surface area contributed by atoms with Gasteiger partial charge in [0.05, 0.1) is 4.90 Å². The Hall–Kier alpha value is -0.780. The van der Waals surface area contributed by atoms with Gasteiger partial charge in [0.15, 0.2) is 0 Å². The van der Waals surface area contributed by atoms with Crippen LogP contribution >= 0.6 is 22.3 Å². The highest BCUT2D eigenvalue weighted by Crippen LogP contribution is 2.26. The lowest BCUT2D eigenvalue weighted by molar-refractivity contribution is 0.0999. The smallest absolute Gasteiger partial charge is 0.261 e. The number of carbonyl (C=O) groups is 1. The van der Waals surface area contributed by atoms with Crippen molar-refractivity contribution >= 4 is 37.2 Å². The molecule has 1 aromatic rings. The van der Waals surface area contributed by atoms with Crippen molar-refractivity contribution in [3.8, 4) is 0 Å². The quantitative estimate of drug-likeness (QED) is 0.829. The fourth-order valence-corrected chi connectivity index (χ4v) is 2.67. The number of nitrogens with two attached hydrogens (primary N) is 1. The summed E-state index contributed by atoms with van der Waals surface area (Å²) in [6, 6.07) is 2.47. The van der Waals surface area contributed by atoms with Crippen LogP contribution in [0.15, 0.2) is 17.0 Å². The molecule has 1 aromatic carbocycles. The summed E-state index contributed by atoms with van der Waals surface area (Å²) in [5.74, 6) is -0.753. The second-order valence-corrected chi connectivity index (χ2v) is 5.85. The van der Waals surface area contributed by atoms with Gasteiger partial charge in [0.25, 0.3) is 9.05 Å². The number of primary amides is 1. The summed E-state index contributed by atoms with van der Waals surface area (Å²) in [6.45, 7) is 1.44. The third-order valence-corrected chi connectivity index (χ3v) is 3.52. The summed E-state index contributed by atoms with van der Waals surface area (Å²) >= 11 is 5.64. The van der Waals surface area contributed by atoms with Crippen LogP contribution < -0.4 is 5.73 Å². The number of hydrogen-bond donors (Lipinski definition) is 1. The molecule has 2 N–H and O–H groups in total. The molecule has 4 nitrogen and oxygen atoms in total. The monoisotopic (exact) mass is 267 g/mol. The zero-order valence-electron chi connectivity index (χ0n) is 7.62. The lowest BCUT2D eigenvalue weighted by Gasteiger charge is -2.07. The van der Waals surface area contributed by atoms with Gasteiger partial charge in [-0.1, -0.05) is 11.6 Å². The molecule has 0 saturated carbocycles. The van der Waals surface area contributed by atoms with Crippen LogP contribution in [0.2, 0.25) is 5.02 Å². The van der Waals surface area contributed by atoms with E-state index >= 15 is 0 Å². The maximum atomic E-state index is 11.1. The van der Waals surface area contributed by atoms with Gasteiger partial charge in [-0.05, 0) is 24.6 Å². The van der Waals surface area contributed by atoms with E-state index in [2.05, 4.69) is 0 Å². The van der Waals surface area contributed by atoms with Crippen molar-refractivity contribution in [3.05, 3.63) is 28.3 Å². The molecule has 7 heteroatoms. The molecule has 0 spiro atoms. The van der Waals surface area contributed by atoms with Crippen LogP contribution in [0.1, 0.15) is 15.9 Å². The molecule has 0 saturated heterocycles. The van der Waals surface area contributed by atoms with Crippen LogP contribution in [-0.4, -0.2) is 14.3 Å². The van der Waals surface area contributed by atoms with Crippen molar-refractivity contribution in [2.75, 3.05) is 0 Å². The zero-order chi connectivity index (χ0) is 11.8. The largest absolute Gasteiger partial charge is 0.366 e. The Balaban J connectivity index is 3.63. The lowest BCUT2D eigenvalue weighted by atomic mass is 10.1. The first-order valence-electron chi connectivity index (χ1n) is 3.78. The average molecular weight is 268 g/mol. The SMILES string of the molecule is Cc1c(C(N)=O)cc(Cl)cc1S(=O)(=O)Cl. The average Bonchev–Trinajstić information content (AvgIpc) is 2.06. The van der Waals surface area contributed by atoms with E-state index in [0.29, 0.717) is 0 Å². The van der Waals surface area contributed by atoms with Crippen molar-refractivity contribution in [1.82, 2.24) is 0 Å². The van der Waals surface area contributed by atoms with Gasteiger partial charge in [0, 0.05) is 21.3 Å². The molecule has 0 aromatic heterocycles. The van der Waals surface area contributed by atoms with Gasteiger partial charge >= 0.3 is 0 Å². The molecule has 0 radical (unpaired) electrons. The van der Waals surface area contributed by atoms with Crippen molar-refractivity contribution in [2.24, 2.45) is 5.73 Å². The van der Waals surface area contributed by atoms with E-state index in [1.54, 1.807) is 0 Å². The molecule has 1 rings (SSSR count). The van der Waals surface area contributed by atoms with E-state index in [1.165, 1.54) is 19.1 Å². The minimum Gasteiger partial charge on any atom is -0.366 e. The van der Waals surface area contributed by atoms with E-state index in [-0.39, 0.29) is 21.0 Å². The molecular weight excluding hydrogens is 261 g/mol. The normalized spacial score (nSPS) is 11.4. The van der Waals surface area contributed by atoms with Crippen LogP contribution in [0.25, 0.3) is 0 Å². The molecule has 0 heterocycles. The van der Waals surface area contributed by atoms with Gasteiger partial charge in [-0.15, -0.1) is 0 Å². The Morgan fingerprint density at radius 1 is 1.40 bits per heavy atom. The number of hydrogen-bond acceptors (Lipinski definition) is 3. The highest BCUT2D eigenvalue weighted by molar-refractivity contribution is 8.13. The van der Waals surface area contributed by atoms with Crippen LogP contribution in [0.5, 0.6) is 0 Å². The zero-order valence-corrected chi connectivity index (χ0v) is 9.95. The first kappa shape index (κ1) is 12.3. The van der Waals surface area contributed by atoms with Crippen molar-refractivity contribution in [1.29, 1.82) is 0 Å². The second-order valence-electron chi connectivity index (χ2n) is 2.88. The third kappa shape index (κ3) is 2.62. The molecule has 15 heavy (non-hydrogen) atoms. The van der Waals surface area contributed by atoms with Crippen molar-refractivity contribution in [3.63, 3.8) is 0 Å². The van der Waals surface area contributed by atoms with Crippen LogP contribution in [0.4, 0.5) is 0 Å². The molecule has 82 valence electrons. The van der Waals surface area contributed by atoms with Gasteiger partial charge in [-0.25, -0.2) is 8.42 Å². The Morgan fingerprint density at radius 2 is 1.93 bits per heavy atom. The van der Waals surface area contributed by atoms with Gasteiger partial charge < -0.3 is 5.73 Å². The first-order chi connectivity index (χ1) is 6.73. The number of benzene rings is 1. The summed E-state index contributed by atoms with van der Waals surface area (Å²) < 4.78 is 22.3. The maximum Gasteiger partial charge on any atom is 0.261 e. The predicted molar refractivity (Wildman–Crippen MR) is 57.7 cm³/mol.